The fourth-order valence-electron chi connectivity index (χ4n) is 2.09. The van der Waals surface area contributed by atoms with Crippen molar-refractivity contribution in [1.82, 2.24) is 9.71 Å². The molecule has 0 aromatic carbocycles. The predicted molar refractivity (Wildman–Crippen MR) is 65.8 cm³/mol. The average Bonchev–Trinajstić information content (AvgIpc) is 2.30. The number of nitrogens with two attached hydrogens (primary N) is 1. The Labute approximate surface area is 101 Å². The second kappa shape index (κ2) is 5.01. The van der Waals surface area contributed by atoms with Crippen molar-refractivity contribution in [3.8, 4) is 0 Å². The van der Waals surface area contributed by atoms with Crippen LogP contribution >= 0.6 is 0 Å². The van der Waals surface area contributed by atoms with Gasteiger partial charge in [0.25, 0.3) is 0 Å². The van der Waals surface area contributed by atoms with Crippen molar-refractivity contribution in [3.63, 3.8) is 0 Å². The van der Waals surface area contributed by atoms with E-state index in [1.165, 1.54) is 24.9 Å². The molecule has 1 aliphatic carbocycles. The van der Waals surface area contributed by atoms with Crippen LogP contribution in [0.3, 0.4) is 0 Å². The molecule has 1 heterocycles. The largest absolute Gasteiger partial charge is 0.397 e. The maximum atomic E-state index is 12.0. The summed E-state index contributed by atoms with van der Waals surface area (Å²) in [4.78, 5) is 3.94. The molecule has 0 atom stereocenters. The van der Waals surface area contributed by atoms with Gasteiger partial charge in [0.15, 0.2) is 0 Å². The van der Waals surface area contributed by atoms with Gasteiger partial charge in [0, 0.05) is 18.4 Å². The summed E-state index contributed by atoms with van der Waals surface area (Å²) in [7, 11) is -3.47. The monoisotopic (exact) mass is 255 g/mol. The van der Waals surface area contributed by atoms with E-state index in [9.17, 15) is 8.42 Å². The summed E-state index contributed by atoms with van der Waals surface area (Å²) in [6, 6.07) is 1.48. The molecule has 2 rings (SSSR count). The lowest BCUT2D eigenvalue weighted by Gasteiger charge is -2.22. The Balaban J connectivity index is 2.13. The Hall–Kier alpha value is -1.14. The van der Waals surface area contributed by atoms with Crippen molar-refractivity contribution in [2.75, 3.05) is 5.73 Å². The first-order chi connectivity index (χ1) is 8.08. The van der Waals surface area contributed by atoms with E-state index in [0.717, 1.165) is 25.7 Å². The van der Waals surface area contributed by atoms with Crippen LogP contribution in [0.5, 0.6) is 0 Å². The van der Waals surface area contributed by atoms with Gasteiger partial charge in [0.1, 0.15) is 4.90 Å². The van der Waals surface area contributed by atoms with Gasteiger partial charge in [-0.1, -0.05) is 19.3 Å². The van der Waals surface area contributed by atoms with Crippen molar-refractivity contribution in [1.29, 1.82) is 0 Å². The number of aromatic nitrogens is 1. The zero-order valence-electron chi connectivity index (χ0n) is 9.59. The maximum absolute atomic E-state index is 12.0. The van der Waals surface area contributed by atoms with Crippen molar-refractivity contribution in [3.05, 3.63) is 18.5 Å². The van der Waals surface area contributed by atoms with E-state index in [0.29, 0.717) is 5.69 Å². The fraction of sp³-hybridized carbons (Fsp3) is 0.545. The summed E-state index contributed by atoms with van der Waals surface area (Å²) >= 11 is 0. The number of nitrogen functional groups attached to an aromatic ring is 1. The molecule has 5 nitrogen and oxygen atoms in total. The van der Waals surface area contributed by atoms with Crippen LogP contribution < -0.4 is 10.5 Å². The number of hydrogen-bond acceptors (Lipinski definition) is 4. The number of sulfonamides is 1. The Kier molecular flexibility index (Phi) is 3.63. The highest BCUT2D eigenvalue weighted by Crippen LogP contribution is 2.20. The molecule has 17 heavy (non-hydrogen) atoms. The minimum atomic E-state index is -3.47. The lowest BCUT2D eigenvalue weighted by Crippen LogP contribution is -2.36. The molecule has 94 valence electrons. The third kappa shape index (κ3) is 3.17. The topological polar surface area (TPSA) is 85.1 Å². The fourth-order valence-corrected chi connectivity index (χ4v) is 3.39. The summed E-state index contributed by atoms with van der Waals surface area (Å²) in [6.45, 7) is 0. The molecule has 0 amide bonds. The highest BCUT2D eigenvalue weighted by atomic mass is 32.2. The molecule has 1 saturated carbocycles. The van der Waals surface area contributed by atoms with Gasteiger partial charge in [-0.25, -0.2) is 13.1 Å². The average molecular weight is 255 g/mol. The van der Waals surface area contributed by atoms with Crippen LogP contribution in [0.2, 0.25) is 0 Å². The highest BCUT2D eigenvalue weighted by molar-refractivity contribution is 7.89. The number of hydrogen-bond donors (Lipinski definition) is 2. The molecule has 0 aliphatic heterocycles. The van der Waals surface area contributed by atoms with Gasteiger partial charge in [-0.15, -0.1) is 0 Å². The summed E-state index contributed by atoms with van der Waals surface area (Å²) in [5.74, 6) is 0. The van der Waals surface area contributed by atoms with Crippen molar-refractivity contribution in [2.45, 2.75) is 43.0 Å². The number of rotatable bonds is 3. The minimum Gasteiger partial charge on any atom is -0.397 e. The van der Waals surface area contributed by atoms with Crippen molar-refractivity contribution >= 4 is 15.7 Å². The van der Waals surface area contributed by atoms with Gasteiger partial charge >= 0.3 is 0 Å². The van der Waals surface area contributed by atoms with Gasteiger partial charge in [-0.05, 0) is 18.9 Å². The van der Waals surface area contributed by atoms with Crippen LogP contribution in [0, 0.1) is 0 Å². The SMILES string of the molecule is Nc1cncc(S(=O)(=O)NC2CCCCC2)c1. The molecule has 1 aromatic rings. The van der Waals surface area contributed by atoms with E-state index >= 15 is 0 Å². The number of anilines is 1. The summed E-state index contributed by atoms with van der Waals surface area (Å²) in [5, 5.41) is 0. The van der Waals surface area contributed by atoms with Crippen LogP contribution in [0.25, 0.3) is 0 Å². The van der Waals surface area contributed by atoms with Crippen LogP contribution in [0.1, 0.15) is 32.1 Å². The van der Waals surface area contributed by atoms with E-state index in [2.05, 4.69) is 9.71 Å². The molecule has 0 unspecified atom stereocenters. The van der Waals surface area contributed by atoms with E-state index < -0.39 is 10.0 Å². The number of nitrogens with one attached hydrogen (secondary N) is 1. The lowest BCUT2D eigenvalue weighted by atomic mass is 9.96. The Morgan fingerprint density at radius 1 is 1.24 bits per heavy atom. The van der Waals surface area contributed by atoms with E-state index in [-0.39, 0.29) is 10.9 Å². The zero-order valence-corrected chi connectivity index (χ0v) is 10.4. The highest BCUT2D eigenvalue weighted by Gasteiger charge is 2.22. The molecule has 3 N–H and O–H groups in total. The van der Waals surface area contributed by atoms with Crippen LogP contribution in [-0.4, -0.2) is 19.4 Å². The van der Waals surface area contributed by atoms with Gasteiger partial charge in [-0.3, -0.25) is 4.98 Å². The Morgan fingerprint density at radius 3 is 2.59 bits per heavy atom. The summed E-state index contributed by atoms with van der Waals surface area (Å²) in [5.41, 5.74) is 5.89. The molecular formula is C11H17N3O2S. The molecule has 1 aliphatic rings. The Bertz CT molecular complexity index is 481. The second-order valence-corrected chi connectivity index (χ2v) is 6.12. The van der Waals surface area contributed by atoms with Gasteiger partial charge < -0.3 is 5.73 Å². The van der Waals surface area contributed by atoms with Gasteiger partial charge in [0.05, 0.1) is 5.69 Å². The quantitative estimate of drug-likeness (QED) is 0.852. The second-order valence-electron chi connectivity index (χ2n) is 4.41. The minimum absolute atomic E-state index is 0.0511. The maximum Gasteiger partial charge on any atom is 0.242 e. The van der Waals surface area contributed by atoms with Crippen molar-refractivity contribution < 1.29 is 8.42 Å². The molecule has 0 saturated heterocycles. The molecule has 0 radical (unpaired) electrons. The number of nitrogens with zero attached hydrogens (tertiary/aromatic N) is 1. The molecular weight excluding hydrogens is 238 g/mol. The predicted octanol–water partition coefficient (Wildman–Crippen LogP) is 1.27. The third-order valence-electron chi connectivity index (χ3n) is 2.97. The van der Waals surface area contributed by atoms with Crippen LogP contribution in [-0.2, 0) is 10.0 Å². The molecule has 1 fully saturated rings. The van der Waals surface area contributed by atoms with Gasteiger partial charge in [0.2, 0.25) is 10.0 Å². The lowest BCUT2D eigenvalue weighted by molar-refractivity contribution is 0.412. The van der Waals surface area contributed by atoms with Crippen LogP contribution in [0.15, 0.2) is 23.4 Å². The van der Waals surface area contributed by atoms with E-state index in [1.54, 1.807) is 0 Å². The summed E-state index contributed by atoms with van der Waals surface area (Å²) in [6.07, 6.45) is 7.94. The first kappa shape index (κ1) is 12.3. The molecule has 6 heteroatoms. The molecule has 1 aromatic heterocycles. The van der Waals surface area contributed by atoms with Gasteiger partial charge in [-0.2, -0.15) is 0 Å². The molecule has 0 bridgehead atoms. The standard InChI is InChI=1S/C11H17N3O2S/c12-9-6-11(8-13-7-9)17(15,16)14-10-4-2-1-3-5-10/h6-8,10,14H,1-5,12H2. The van der Waals surface area contributed by atoms with E-state index in [1.807, 2.05) is 0 Å². The Morgan fingerprint density at radius 2 is 1.94 bits per heavy atom. The van der Waals surface area contributed by atoms with Crippen LogP contribution in [0.4, 0.5) is 5.69 Å². The van der Waals surface area contributed by atoms with E-state index in [4.69, 9.17) is 5.73 Å². The summed E-state index contributed by atoms with van der Waals surface area (Å²) < 4.78 is 26.8. The van der Waals surface area contributed by atoms with Crippen molar-refractivity contribution in [2.24, 2.45) is 0 Å². The number of pyridine rings is 1. The smallest absolute Gasteiger partial charge is 0.242 e. The zero-order chi connectivity index (χ0) is 12.3. The normalized spacial score (nSPS) is 18.1. The third-order valence-corrected chi connectivity index (χ3v) is 4.46. The first-order valence-corrected chi connectivity index (χ1v) is 7.29. The first-order valence-electron chi connectivity index (χ1n) is 5.81. The molecule has 0 spiro atoms.